The molecule has 0 amide bonds. The summed E-state index contributed by atoms with van der Waals surface area (Å²) in [5, 5.41) is 4.88. The Hall–Kier alpha value is -0.610. The van der Waals surface area contributed by atoms with Gasteiger partial charge in [-0.1, -0.05) is 12.1 Å². The van der Waals surface area contributed by atoms with Crippen molar-refractivity contribution in [3.8, 4) is 0 Å². The number of hydrogen-bond donors (Lipinski definition) is 2. The van der Waals surface area contributed by atoms with Gasteiger partial charge in [-0.25, -0.2) is 26.7 Å². The highest BCUT2D eigenvalue weighted by Crippen LogP contribution is 2.26. The van der Waals surface area contributed by atoms with Crippen molar-refractivity contribution in [1.29, 1.82) is 0 Å². The minimum absolute atomic E-state index is 0.131. The number of hydrogen-bond acceptors (Lipinski definition) is 5. The maximum absolute atomic E-state index is 11.7. The minimum Gasteiger partial charge on any atom is -0.229 e. The largest absolute Gasteiger partial charge is 0.241 e. The monoisotopic (exact) mass is 310 g/mol. The molecule has 3 N–H and O–H groups in total. The summed E-state index contributed by atoms with van der Waals surface area (Å²) in [6.45, 7) is 0. The molecule has 0 aliphatic carbocycles. The Balaban J connectivity index is 2.91. The number of rotatable bonds is 6. The topological polar surface area (TPSA) is 106 Å². The Morgan fingerprint density at radius 3 is 2.39 bits per heavy atom. The van der Waals surface area contributed by atoms with Gasteiger partial charge in [-0.15, -0.1) is 11.8 Å². The number of nitrogens with two attached hydrogens (primary N) is 1. The third-order valence-electron chi connectivity index (χ3n) is 2.03. The first-order valence-electron chi connectivity index (χ1n) is 4.92. The highest BCUT2D eigenvalue weighted by Gasteiger charge is 2.16. The van der Waals surface area contributed by atoms with E-state index in [4.69, 9.17) is 5.14 Å². The van der Waals surface area contributed by atoms with Gasteiger partial charge in [0.15, 0.2) is 0 Å². The number of primary sulfonamides is 1. The number of sulfonamides is 2. The van der Waals surface area contributed by atoms with E-state index in [1.807, 2.05) is 0 Å². The van der Waals surface area contributed by atoms with Gasteiger partial charge in [0.2, 0.25) is 20.0 Å². The van der Waals surface area contributed by atoms with Crippen LogP contribution in [-0.2, 0) is 20.0 Å². The second-order valence-corrected chi connectivity index (χ2v) is 8.10. The van der Waals surface area contributed by atoms with E-state index in [0.717, 1.165) is 11.8 Å². The molecule has 0 aliphatic rings. The first kappa shape index (κ1) is 15.4. The van der Waals surface area contributed by atoms with Crippen LogP contribution < -0.4 is 9.86 Å². The molecule has 0 aromatic heterocycles. The lowest BCUT2D eigenvalue weighted by Gasteiger charge is -2.08. The molecule has 0 radical (unpaired) electrons. The minimum atomic E-state index is -3.55. The molecule has 9 heteroatoms. The SMILES string of the molecule is CNS(=O)(=O)c1ccccc1SCCS(N)(=O)=O. The second-order valence-electron chi connectivity index (χ2n) is 3.37. The summed E-state index contributed by atoms with van der Waals surface area (Å²) in [7, 11) is -5.76. The lowest BCUT2D eigenvalue weighted by Crippen LogP contribution is -2.20. The second kappa shape index (κ2) is 6.02. The van der Waals surface area contributed by atoms with Gasteiger partial charge in [0.25, 0.3) is 0 Å². The quantitative estimate of drug-likeness (QED) is 0.718. The molecule has 6 nitrogen and oxygen atoms in total. The summed E-state index contributed by atoms with van der Waals surface area (Å²) < 4.78 is 47.2. The molecule has 1 aromatic rings. The predicted octanol–water partition coefficient (Wildman–Crippen LogP) is -0.0247. The molecule has 1 rings (SSSR count). The van der Waals surface area contributed by atoms with Crippen LogP contribution in [0.15, 0.2) is 34.1 Å². The van der Waals surface area contributed by atoms with Crippen molar-refractivity contribution in [3.63, 3.8) is 0 Å². The Bertz CT molecular complexity index is 610. The molecule has 0 atom stereocenters. The first-order chi connectivity index (χ1) is 8.26. The third kappa shape index (κ3) is 4.58. The molecule has 0 unspecified atom stereocenters. The van der Waals surface area contributed by atoms with Crippen LogP contribution in [-0.4, -0.2) is 35.4 Å². The molecule has 102 valence electrons. The van der Waals surface area contributed by atoms with E-state index in [2.05, 4.69) is 4.72 Å². The molecule has 0 saturated heterocycles. The van der Waals surface area contributed by atoms with Gasteiger partial charge >= 0.3 is 0 Å². The highest BCUT2D eigenvalue weighted by atomic mass is 32.2. The fraction of sp³-hybridized carbons (Fsp3) is 0.333. The summed E-state index contributed by atoms with van der Waals surface area (Å²) in [5.41, 5.74) is 0. The Morgan fingerprint density at radius 1 is 1.22 bits per heavy atom. The summed E-state index contributed by atoms with van der Waals surface area (Å²) in [6, 6.07) is 6.38. The number of thioether (sulfide) groups is 1. The van der Waals surface area contributed by atoms with Crippen LogP contribution in [0.5, 0.6) is 0 Å². The zero-order chi connectivity index (χ0) is 13.8. The smallest absolute Gasteiger partial charge is 0.229 e. The third-order valence-corrected chi connectivity index (χ3v) is 5.74. The Morgan fingerprint density at radius 2 is 1.83 bits per heavy atom. The average molecular weight is 310 g/mol. The van der Waals surface area contributed by atoms with Crippen LogP contribution in [0, 0.1) is 0 Å². The molecule has 18 heavy (non-hydrogen) atoms. The van der Waals surface area contributed by atoms with Crippen LogP contribution in [0.2, 0.25) is 0 Å². The van der Waals surface area contributed by atoms with Gasteiger partial charge in [0, 0.05) is 10.6 Å². The summed E-state index contributed by atoms with van der Waals surface area (Å²) in [6.07, 6.45) is 0. The van der Waals surface area contributed by atoms with Gasteiger partial charge in [-0.2, -0.15) is 0 Å². The van der Waals surface area contributed by atoms with Crippen molar-refractivity contribution in [2.45, 2.75) is 9.79 Å². The zero-order valence-electron chi connectivity index (χ0n) is 9.66. The van der Waals surface area contributed by atoms with E-state index in [-0.39, 0.29) is 16.4 Å². The van der Waals surface area contributed by atoms with E-state index < -0.39 is 20.0 Å². The van der Waals surface area contributed by atoms with E-state index in [0.29, 0.717) is 4.90 Å². The standard InChI is InChI=1S/C9H14N2O4S3/c1-11-18(14,15)9-5-3-2-4-8(9)16-6-7-17(10,12)13/h2-5,11H,6-7H2,1H3,(H2,10,12,13). The van der Waals surface area contributed by atoms with Crippen LogP contribution in [0.4, 0.5) is 0 Å². The van der Waals surface area contributed by atoms with Crippen molar-refractivity contribution >= 4 is 31.8 Å². The molecular formula is C9H14N2O4S3. The van der Waals surface area contributed by atoms with Crippen LogP contribution >= 0.6 is 11.8 Å². The Labute approximate surface area is 111 Å². The molecular weight excluding hydrogens is 296 g/mol. The summed E-state index contributed by atoms with van der Waals surface area (Å²) >= 11 is 1.14. The fourth-order valence-electron chi connectivity index (χ4n) is 1.17. The predicted molar refractivity (Wildman–Crippen MR) is 71.4 cm³/mol. The number of nitrogens with one attached hydrogen (secondary N) is 1. The molecule has 0 heterocycles. The average Bonchev–Trinajstić information content (AvgIpc) is 2.28. The Kier molecular flexibility index (Phi) is 5.17. The molecule has 1 aromatic carbocycles. The molecule has 0 spiro atoms. The lowest BCUT2D eigenvalue weighted by atomic mass is 10.4. The van der Waals surface area contributed by atoms with Gasteiger partial charge in [0.1, 0.15) is 0 Å². The van der Waals surface area contributed by atoms with E-state index in [1.54, 1.807) is 18.2 Å². The summed E-state index contributed by atoms with van der Waals surface area (Å²) in [5.74, 6) is 0.000678. The van der Waals surface area contributed by atoms with Crippen molar-refractivity contribution < 1.29 is 16.8 Å². The summed E-state index contributed by atoms with van der Waals surface area (Å²) in [4.78, 5) is 0.627. The van der Waals surface area contributed by atoms with E-state index in [1.165, 1.54) is 13.1 Å². The number of benzene rings is 1. The molecule has 0 aliphatic heterocycles. The van der Waals surface area contributed by atoms with E-state index >= 15 is 0 Å². The van der Waals surface area contributed by atoms with Gasteiger partial charge in [-0.3, -0.25) is 0 Å². The van der Waals surface area contributed by atoms with Crippen molar-refractivity contribution in [2.24, 2.45) is 5.14 Å². The molecule has 0 bridgehead atoms. The highest BCUT2D eigenvalue weighted by molar-refractivity contribution is 8.01. The van der Waals surface area contributed by atoms with Crippen LogP contribution in [0.25, 0.3) is 0 Å². The normalized spacial score (nSPS) is 12.6. The van der Waals surface area contributed by atoms with Gasteiger partial charge in [-0.05, 0) is 19.2 Å². The van der Waals surface area contributed by atoms with E-state index in [9.17, 15) is 16.8 Å². The maximum Gasteiger partial charge on any atom is 0.241 e. The van der Waals surface area contributed by atoms with Crippen LogP contribution in [0.1, 0.15) is 0 Å². The van der Waals surface area contributed by atoms with Crippen molar-refractivity contribution in [1.82, 2.24) is 4.72 Å². The zero-order valence-corrected chi connectivity index (χ0v) is 12.1. The lowest BCUT2D eigenvalue weighted by molar-refractivity contribution is 0.586. The van der Waals surface area contributed by atoms with Crippen LogP contribution in [0.3, 0.4) is 0 Å². The van der Waals surface area contributed by atoms with Crippen molar-refractivity contribution in [3.05, 3.63) is 24.3 Å². The van der Waals surface area contributed by atoms with Gasteiger partial charge < -0.3 is 0 Å². The fourth-order valence-corrected chi connectivity index (χ4v) is 4.35. The maximum atomic E-state index is 11.7. The molecule has 0 fully saturated rings. The van der Waals surface area contributed by atoms with Gasteiger partial charge in [0.05, 0.1) is 10.6 Å². The molecule has 0 saturated carbocycles. The van der Waals surface area contributed by atoms with Crippen molar-refractivity contribution in [2.75, 3.05) is 18.6 Å². The first-order valence-corrected chi connectivity index (χ1v) is 9.10.